The van der Waals surface area contributed by atoms with Crippen molar-refractivity contribution in [1.29, 1.82) is 0 Å². The van der Waals surface area contributed by atoms with E-state index >= 15 is 0 Å². The lowest BCUT2D eigenvalue weighted by atomic mass is 9.70. The van der Waals surface area contributed by atoms with Gasteiger partial charge < -0.3 is 9.62 Å². The first-order chi connectivity index (χ1) is 15.2. The molecule has 31 heavy (non-hydrogen) atoms. The van der Waals surface area contributed by atoms with Crippen LogP contribution in [0.4, 0.5) is 11.4 Å². The van der Waals surface area contributed by atoms with Crippen LogP contribution in [0.2, 0.25) is 0 Å². The Morgan fingerprint density at radius 3 is 2.61 bits per heavy atom. The zero-order valence-corrected chi connectivity index (χ0v) is 20.0. The third-order valence-corrected chi connectivity index (χ3v) is 9.05. The minimum absolute atomic E-state index is 0.121. The third-order valence-electron chi connectivity index (χ3n) is 7.28. The molecule has 2 fully saturated rings. The van der Waals surface area contributed by atoms with E-state index < -0.39 is 0 Å². The average Bonchev–Trinajstić information content (AvgIpc) is 3.41. The Kier molecular flexibility index (Phi) is 6.25. The lowest BCUT2D eigenvalue weighted by Gasteiger charge is -2.34. The van der Waals surface area contributed by atoms with Gasteiger partial charge in [0.1, 0.15) is 0 Å². The van der Waals surface area contributed by atoms with Crippen LogP contribution in [0.3, 0.4) is 0 Å². The second-order valence-corrected chi connectivity index (χ2v) is 11.3. The molecule has 2 aromatic carbocycles. The number of hydrogen-bond acceptors (Lipinski definition) is 4. The maximum absolute atomic E-state index is 13.7. The van der Waals surface area contributed by atoms with Crippen LogP contribution in [0.1, 0.15) is 73.7 Å². The second-order valence-electron chi connectivity index (χ2n) is 9.32. The van der Waals surface area contributed by atoms with Crippen LogP contribution >= 0.6 is 23.7 Å². The van der Waals surface area contributed by atoms with Crippen molar-refractivity contribution in [3.8, 4) is 0 Å². The minimum Gasteiger partial charge on any atom is -0.330 e. The van der Waals surface area contributed by atoms with Crippen LogP contribution in [0, 0.1) is 0 Å². The third kappa shape index (κ3) is 4.23. The molecule has 164 valence electrons. The van der Waals surface area contributed by atoms with Gasteiger partial charge in [0.2, 0.25) is 0 Å². The molecule has 0 saturated heterocycles. The molecule has 3 nitrogen and oxygen atoms in total. The molecule has 2 saturated carbocycles. The van der Waals surface area contributed by atoms with E-state index in [1.165, 1.54) is 68.2 Å². The highest BCUT2D eigenvalue weighted by Gasteiger charge is 2.45. The lowest BCUT2D eigenvalue weighted by molar-refractivity contribution is 0.0982. The fourth-order valence-corrected chi connectivity index (χ4v) is 7.41. The van der Waals surface area contributed by atoms with Crippen molar-refractivity contribution in [2.45, 2.75) is 73.3 Å². The molecule has 0 aromatic heterocycles. The Bertz CT molecular complexity index is 948. The summed E-state index contributed by atoms with van der Waals surface area (Å²) in [6, 6.07) is 14.9. The van der Waals surface area contributed by atoms with Gasteiger partial charge in [0.15, 0.2) is 0 Å². The second kappa shape index (κ2) is 9.11. The fraction of sp³-hybridized carbons (Fsp3) is 0.500. The van der Waals surface area contributed by atoms with Crippen LogP contribution in [0.5, 0.6) is 0 Å². The first kappa shape index (κ1) is 21.3. The normalized spacial score (nSPS) is 20.2. The highest BCUT2D eigenvalue weighted by Crippen LogP contribution is 2.50. The largest absolute Gasteiger partial charge is 0.330 e. The van der Waals surface area contributed by atoms with E-state index in [1.54, 1.807) is 11.9 Å². The Morgan fingerprint density at radius 1 is 1.03 bits per heavy atom. The molecule has 1 aliphatic heterocycles. The molecule has 3 aliphatic rings. The summed E-state index contributed by atoms with van der Waals surface area (Å²) >= 11 is 3.58. The van der Waals surface area contributed by atoms with Gasteiger partial charge in [-0.3, -0.25) is 4.79 Å². The van der Waals surface area contributed by atoms with Crippen LogP contribution in [-0.4, -0.2) is 24.0 Å². The van der Waals surface area contributed by atoms with E-state index in [0.29, 0.717) is 5.25 Å². The molecule has 5 rings (SSSR count). The summed E-state index contributed by atoms with van der Waals surface area (Å²) in [4.78, 5) is 17.0. The topological polar surface area (TPSA) is 32.3 Å². The molecule has 2 aliphatic carbocycles. The summed E-state index contributed by atoms with van der Waals surface area (Å²) in [5.41, 5.74) is 4.58. The maximum Gasteiger partial charge on any atom is 0.258 e. The molecule has 1 amide bonds. The SMILES string of the molecule is CSNc1ccc2c(c1)C1(CCCCC1)CN2C(=O)c1cccc(SC2CCCC2)c1. The molecule has 2 aromatic rings. The van der Waals surface area contributed by atoms with Gasteiger partial charge in [0, 0.05) is 45.3 Å². The van der Waals surface area contributed by atoms with Crippen LogP contribution in [-0.2, 0) is 5.41 Å². The van der Waals surface area contributed by atoms with E-state index in [4.69, 9.17) is 0 Å². The van der Waals surface area contributed by atoms with Crippen LogP contribution in [0.15, 0.2) is 47.4 Å². The Balaban J connectivity index is 1.44. The lowest BCUT2D eigenvalue weighted by Crippen LogP contribution is -2.38. The van der Waals surface area contributed by atoms with Gasteiger partial charge in [0.05, 0.1) is 0 Å². The van der Waals surface area contributed by atoms with Gasteiger partial charge in [-0.2, -0.15) is 0 Å². The number of anilines is 2. The van der Waals surface area contributed by atoms with Crippen molar-refractivity contribution in [1.82, 2.24) is 0 Å². The molecule has 0 atom stereocenters. The van der Waals surface area contributed by atoms with Gasteiger partial charge >= 0.3 is 0 Å². The monoisotopic (exact) mass is 452 g/mol. The number of carbonyl (C=O) groups is 1. The smallest absolute Gasteiger partial charge is 0.258 e. The van der Waals surface area contributed by atoms with Gasteiger partial charge in [-0.05, 0) is 67.6 Å². The van der Waals surface area contributed by atoms with Crippen LogP contribution < -0.4 is 9.62 Å². The maximum atomic E-state index is 13.7. The first-order valence-corrected chi connectivity index (χ1v) is 13.8. The van der Waals surface area contributed by atoms with E-state index in [1.807, 2.05) is 17.8 Å². The Labute approximate surface area is 194 Å². The number of nitrogens with one attached hydrogen (secondary N) is 1. The van der Waals surface area contributed by atoms with Crippen molar-refractivity contribution < 1.29 is 4.79 Å². The Hall–Kier alpha value is -1.59. The summed E-state index contributed by atoms with van der Waals surface area (Å²) in [6.07, 6.45) is 13.5. The highest BCUT2D eigenvalue weighted by atomic mass is 32.2. The Morgan fingerprint density at radius 2 is 1.84 bits per heavy atom. The summed E-state index contributed by atoms with van der Waals surface area (Å²) in [7, 11) is 0. The van der Waals surface area contributed by atoms with Crippen LogP contribution in [0.25, 0.3) is 0 Å². The summed E-state index contributed by atoms with van der Waals surface area (Å²) in [5.74, 6) is 0.156. The molecule has 1 spiro atoms. The quantitative estimate of drug-likeness (QED) is 0.483. The number of benzene rings is 2. The molecule has 5 heteroatoms. The predicted octanol–water partition coefficient (Wildman–Crippen LogP) is 7.27. The zero-order chi connectivity index (χ0) is 21.3. The fourth-order valence-electron chi connectivity index (χ4n) is 5.74. The molecular weight excluding hydrogens is 420 g/mol. The average molecular weight is 453 g/mol. The van der Waals surface area contributed by atoms with E-state index in [2.05, 4.69) is 52.3 Å². The van der Waals surface area contributed by atoms with Gasteiger partial charge in [-0.25, -0.2) is 0 Å². The van der Waals surface area contributed by atoms with Crippen molar-refractivity contribution in [2.75, 3.05) is 22.4 Å². The first-order valence-electron chi connectivity index (χ1n) is 11.7. The van der Waals surface area contributed by atoms with Crippen molar-refractivity contribution >= 4 is 41.0 Å². The zero-order valence-electron chi connectivity index (χ0n) is 18.4. The summed E-state index contributed by atoms with van der Waals surface area (Å²) in [6.45, 7) is 0.823. The van der Waals surface area contributed by atoms with Crippen molar-refractivity contribution in [3.05, 3.63) is 53.6 Å². The number of nitrogens with zero attached hydrogens (tertiary/aromatic N) is 1. The molecule has 0 bridgehead atoms. The van der Waals surface area contributed by atoms with Gasteiger partial charge in [-0.15, -0.1) is 11.8 Å². The number of rotatable bonds is 5. The number of fused-ring (bicyclic) bond motifs is 2. The van der Waals surface area contributed by atoms with Gasteiger partial charge in [-0.1, -0.05) is 50.1 Å². The number of carbonyl (C=O) groups excluding carboxylic acids is 1. The molecular formula is C26H32N2OS2. The summed E-state index contributed by atoms with van der Waals surface area (Å²) < 4.78 is 3.39. The van der Waals surface area contributed by atoms with Crippen molar-refractivity contribution in [3.63, 3.8) is 0 Å². The minimum atomic E-state index is 0.121. The molecule has 0 unspecified atom stereocenters. The molecule has 1 heterocycles. The molecule has 1 N–H and O–H groups in total. The van der Waals surface area contributed by atoms with E-state index in [0.717, 1.165) is 23.5 Å². The van der Waals surface area contributed by atoms with Crippen molar-refractivity contribution in [2.24, 2.45) is 0 Å². The predicted molar refractivity (Wildman–Crippen MR) is 135 cm³/mol. The number of hydrogen-bond donors (Lipinski definition) is 1. The van der Waals surface area contributed by atoms with E-state index in [-0.39, 0.29) is 11.3 Å². The molecule has 0 radical (unpaired) electrons. The number of amides is 1. The van der Waals surface area contributed by atoms with E-state index in [9.17, 15) is 4.79 Å². The van der Waals surface area contributed by atoms with Gasteiger partial charge in [0.25, 0.3) is 5.91 Å². The summed E-state index contributed by atoms with van der Waals surface area (Å²) in [5, 5.41) is 0.714. The standard InChI is InChI=1S/C26H32N2OS2/c1-30-27-20-12-13-24-23(17-20)26(14-5-2-6-15-26)18-28(24)25(29)19-8-7-11-22(16-19)31-21-9-3-4-10-21/h7-8,11-13,16-17,21,27H,2-6,9-10,14-15,18H2,1H3. The highest BCUT2D eigenvalue weighted by molar-refractivity contribution is 8.00. The number of thioether (sulfide) groups is 1.